The normalized spacial score (nSPS) is 18.6. The number of nitrogens with one attached hydrogen (secondary N) is 1. The van der Waals surface area contributed by atoms with Crippen molar-refractivity contribution in [2.24, 2.45) is 5.92 Å². The summed E-state index contributed by atoms with van der Waals surface area (Å²) in [6.07, 6.45) is 5.23. The SMILES string of the molecule is O=C(Nc1ccc(N2CCOCC2)cc1)[C@H]1CCCN(c2ncc(-c3ccc(F)cc3)cn2)C1. The Balaban J connectivity index is 1.19. The molecule has 1 aromatic heterocycles. The monoisotopic (exact) mass is 461 g/mol. The van der Waals surface area contributed by atoms with E-state index < -0.39 is 0 Å². The molecule has 34 heavy (non-hydrogen) atoms. The Labute approximate surface area is 198 Å². The minimum atomic E-state index is -0.271. The quantitative estimate of drug-likeness (QED) is 0.620. The number of nitrogens with zero attached hydrogens (tertiary/aromatic N) is 4. The summed E-state index contributed by atoms with van der Waals surface area (Å²) in [5.41, 5.74) is 3.64. The summed E-state index contributed by atoms with van der Waals surface area (Å²) >= 11 is 0. The standard InChI is InChI=1S/C26H28FN5O2/c27-22-5-3-19(4-6-22)21-16-28-26(29-17-21)32-11-1-2-20(18-32)25(33)30-23-7-9-24(10-8-23)31-12-14-34-15-13-31/h3-10,16-17,20H,1-2,11-15,18H2,(H,30,33)/t20-/m0/s1. The van der Waals surface area contributed by atoms with Gasteiger partial charge >= 0.3 is 0 Å². The van der Waals surface area contributed by atoms with E-state index in [1.165, 1.54) is 12.1 Å². The first-order valence-electron chi connectivity index (χ1n) is 11.7. The van der Waals surface area contributed by atoms with Gasteiger partial charge in [0.05, 0.1) is 19.1 Å². The lowest BCUT2D eigenvalue weighted by Gasteiger charge is -2.32. The number of carbonyl (C=O) groups is 1. The second kappa shape index (κ2) is 10.2. The number of morpholine rings is 1. The Morgan fingerprint density at radius 2 is 1.62 bits per heavy atom. The number of ether oxygens (including phenoxy) is 1. The predicted octanol–water partition coefficient (Wildman–Crippen LogP) is 3.97. The first-order valence-corrected chi connectivity index (χ1v) is 11.7. The second-order valence-electron chi connectivity index (χ2n) is 8.70. The van der Waals surface area contributed by atoms with E-state index in [9.17, 15) is 9.18 Å². The molecule has 3 heterocycles. The van der Waals surface area contributed by atoms with Crippen molar-refractivity contribution in [3.8, 4) is 11.1 Å². The van der Waals surface area contributed by atoms with Gasteiger partial charge in [-0.15, -0.1) is 0 Å². The van der Waals surface area contributed by atoms with Crippen molar-refractivity contribution in [3.63, 3.8) is 0 Å². The summed E-state index contributed by atoms with van der Waals surface area (Å²) in [4.78, 5) is 26.3. The molecule has 5 rings (SSSR count). The zero-order valence-electron chi connectivity index (χ0n) is 19.0. The van der Waals surface area contributed by atoms with E-state index in [1.54, 1.807) is 24.5 Å². The Bertz CT molecular complexity index is 1100. The smallest absolute Gasteiger partial charge is 0.229 e. The molecule has 176 valence electrons. The molecule has 8 heteroatoms. The maximum absolute atomic E-state index is 13.2. The Morgan fingerprint density at radius 3 is 2.32 bits per heavy atom. The first kappa shape index (κ1) is 22.3. The van der Waals surface area contributed by atoms with Crippen LogP contribution < -0.4 is 15.1 Å². The van der Waals surface area contributed by atoms with Gasteiger partial charge in [-0.2, -0.15) is 0 Å². The average molecular weight is 462 g/mol. The van der Waals surface area contributed by atoms with Crippen LogP contribution in [-0.2, 0) is 9.53 Å². The van der Waals surface area contributed by atoms with Crippen molar-refractivity contribution in [3.05, 3.63) is 66.7 Å². The Kier molecular flexibility index (Phi) is 6.67. The van der Waals surface area contributed by atoms with Gasteiger partial charge in [-0.05, 0) is 54.8 Å². The van der Waals surface area contributed by atoms with Crippen LogP contribution in [0.1, 0.15) is 12.8 Å². The van der Waals surface area contributed by atoms with Crippen molar-refractivity contribution < 1.29 is 13.9 Å². The van der Waals surface area contributed by atoms with E-state index in [2.05, 4.69) is 25.1 Å². The third kappa shape index (κ3) is 5.17. The van der Waals surface area contributed by atoms with Gasteiger partial charge in [0, 0.05) is 55.5 Å². The Morgan fingerprint density at radius 1 is 0.912 bits per heavy atom. The lowest BCUT2D eigenvalue weighted by atomic mass is 9.97. The highest BCUT2D eigenvalue weighted by molar-refractivity contribution is 5.93. The van der Waals surface area contributed by atoms with Gasteiger partial charge in [0.1, 0.15) is 5.82 Å². The van der Waals surface area contributed by atoms with Crippen molar-refractivity contribution in [1.29, 1.82) is 0 Å². The molecule has 3 aromatic rings. The van der Waals surface area contributed by atoms with Crippen LogP contribution in [0.5, 0.6) is 0 Å². The highest BCUT2D eigenvalue weighted by Gasteiger charge is 2.27. The van der Waals surface area contributed by atoms with E-state index in [-0.39, 0.29) is 17.6 Å². The van der Waals surface area contributed by atoms with E-state index in [0.717, 1.165) is 68.2 Å². The van der Waals surface area contributed by atoms with Gasteiger partial charge in [-0.3, -0.25) is 4.79 Å². The number of aromatic nitrogens is 2. The van der Waals surface area contributed by atoms with Gasteiger partial charge in [0.15, 0.2) is 0 Å². The average Bonchev–Trinajstić information content (AvgIpc) is 2.90. The molecular formula is C26H28FN5O2. The fourth-order valence-electron chi connectivity index (χ4n) is 4.47. The van der Waals surface area contributed by atoms with Gasteiger partial charge in [-0.25, -0.2) is 14.4 Å². The molecule has 0 saturated carbocycles. The van der Waals surface area contributed by atoms with E-state index >= 15 is 0 Å². The largest absolute Gasteiger partial charge is 0.378 e. The topological polar surface area (TPSA) is 70.6 Å². The van der Waals surface area contributed by atoms with Crippen molar-refractivity contribution in [1.82, 2.24) is 9.97 Å². The number of hydrogen-bond donors (Lipinski definition) is 1. The summed E-state index contributed by atoms with van der Waals surface area (Å²) < 4.78 is 18.6. The maximum Gasteiger partial charge on any atom is 0.229 e. The molecule has 0 radical (unpaired) electrons. The molecule has 1 atom stereocenters. The van der Waals surface area contributed by atoms with Crippen molar-refractivity contribution >= 4 is 23.2 Å². The van der Waals surface area contributed by atoms with Gasteiger partial charge in [-0.1, -0.05) is 12.1 Å². The zero-order chi connectivity index (χ0) is 23.3. The maximum atomic E-state index is 13.2. The molecule has 2 saturated heterocycles. The minimum absolute atomic E-state index is 0.0201. The predicted molar refractivity (Wildman–Crippen MR) is 130 cm³/mol. The first-order chi connectivity index (χ1) is 16.7. The number of anilines is 3. The highest BCUT2D eigenvalue weighted by Crippen LogP contribution is 2.25. The van der Waals surface area contributed by atoms with E-state index in [0.29, 0.717) is 12.5 Å². The van der Waals surface area contributed by atoms with Crippen LogP contribution in [0.15, 0.2) is 60.9 Å². The molecule has 7 nitrogen and oxygen atoms in total. The molecule has 2 aromatic carbocycles. The number of halogens is 1. The summed E-state index contributed by atoms with van der Waals surface area (Å²) in [6, 6.07) is 14.3. The zero-order valence-corrected chi connectivity index (χ0v) is 19.0. The number of amides is 1. The van der Waals surface area contributed by atoms with Gasteiger partial charge in [0.25, 0.3) is 0 Å². The lowest BCUT2D eigenvalue weighted by molar-refractivity contribution is -0.120. The minimum Gasteiger partial charge on any atom is -0.378 e. The fourth-order valence-corrected chi connectivity index (χ4v) is 4.47. The van der Waals surface area contributed by atoms with E-state index in [1.807, 2.05) is 24.3 Å². The molecule has 0 unspecified atom stereocenters. The van der Waals surface area contributed by atoms with Crippen LogP contribution in [0.4, 0.5) is 21.7 Å². The third-order valence-corrected chi connectivity index (χ3v) is 6.40. The molecule has 0 aliphatic carbocycles. The number of benzene rings is 2. The van der Waals surface area contributed by atoms with Crippen LogP contribution in [0.2, 0.25) is 0 Å². The summed E-state index contributed by atoms with van der Waals surface area (Å²) in [6.45, 7) is 4.65. The fraction of sp³-hybridized carbons (Fsp3) is 0.346. The van der Waals surface area contributed by atoms with Crippen LogP contribution in [0.25, 0.3) is 11.1 Å². The summed E-state index contributed by atoms with van der Waals surface area (Å²) in [5, 5.41) is 3.07. The third-order valence-electron chi connectivity index (χ3n) is 6.40. The van der Waals surface area contributed by atoms with Gasteiger partial charge in [0.2, 0.25) is 11.9 Å². The van der Waals surface area contributed by atoms with Crippen LogP contribution in [-0.4, -0.2) is 55.3 Å². The molecule has 1 amide bonds. The lowest BCUT2D eigenvalue weighted by Crippen LogP contribution is -2.41. The molecule has 2 aliphatic rings. The van der Waals surface area contributed by atoms with Crippen LogP contribution in [0, 0.1) is 11.7 Å². The molecule has 2 aliphatic heterocycles. The summed E-state index contributed by atoms with van der Waals surface area (Å²) in [5.74, 6) is 0.227. The Hall–Kier alpha value is -3.52. The summed E-state index contributed by atoms with van der Waals surface area (Å²) in [7, 11) is 0. The van der Waals surface area contributed by atoms with Gasteiger partial charge < -0.3 is 19.9 Å². The molecule has 0 bridgehead atoms. The molecule has 0 spiro atoms. The molecule has 1 N–H and O–H groups in total. The van der Waals surface area contributed by atoms with Crippen LogP contribution in [0.3, 0.4) is 0 Å². The number of hydrogen-bond acceptors (Lipinski definition) is 6. The molecular weight excluding hydrogens is 433 g/mol. The molecule has 2 fully saturated rings. The number of carbonyl (C=O) groups excluding carboxylic acids is 1. The van der Waals surface area contributed by atoms with Crippen molar-refractivity contribution in [2.45, 2.75) is 12.8 Å². The van der Waals surface area contributed by atoms with Crippen LogP contribution >= 0.6 is 0 Å². The van der Waals surface area contributed by atoms with E-state index in [4.69, 9.17) is 4.74 Å². The van der Waals surface area contributed by atoms with Crippen molar-refractivity contribution in [2.75, 3.05) is 54.5 Å². The highest BCUT2D eigenvalue weighted by atomic mass is 19.1. The number of rotatable bonds is 5. The second-order valence-corrected chi connectivity index (χ2v) is 8.70. The number of piperidine rings is 1.